The lowest BCUT2D eigenvalue weighted by Crippen LogP contribution is -2.44. The van der Waals surface area contributed by atoms with Gasteiger partial charge in [0.25, 0.3) is 0 Å². The SMILES string of the molecule is CC(C)(C(=O)NC1CCCC1)c1c[nH]c2cc(Cl)ccc12. The number of aromatic amines is 1. The average molecular weight is 305 g/mol. The van der Waals surface area contributed by atoms with Crippen molar-refractivity contribution >= 4 is 28.4 Å². The molecule has 2 aromatic rings. The predicted octanol–water partition coefficient (Wildman–Crippen LogP) is 4.16. The minimum absolute atomic E-state index is 0.102. The summed E-state index contributed by atoms with van der Waals surface area (Å²) < 4.78 is 0. The first-order valence-corrected chi connectivity index (χ1v) is 7.94. The van der Waals surface area contributed by atoms with Crippen molar-refractivity contribution < 1.29 is 4.79 Å². The molecule has 3 nitrogen and oxygen atoms in total. The Morgan fingerprint density at radius 3 is 2.76 bits per heavy atom. The second kappa shape index (κ2) is 5.38. The van der Waals surface area contributed by atoms with Crippen LogP contribution in [0.15, 0.2) is 24.4 Å². The highest BCUT2D eigenvalue weighted by Crippen LogP contribution is 2.32. The molecule has 1 fully saturated rings. The lowest BCUT2D eigenvalue weighted by molar-refractivity contribution is -0.126. The van der Waals surface area contributed by atoms with Gasteiger partial charge in [-0.25, -0.2) is 0 Å². The Morgan fingerprint density at radius 2 is 2.05 bits per heavy atom. The van der Waals surface area contributed by atoms with Crippen LogP contribution in [0.4, 0.5) is 0 Å². The normalized spacial score (nSPS) is 16.5. The number of H-pyrrole nitrogens is 1. The van der Waals surface area contributed by atoms with E-state index in [0.29, 0.717) is 11.1 Å². The molecule has 1 aromatic heterocycles. The van der Waals surface area contributed by atoms with Crippen LogP contribution in [0, 0.1) is 0 Å². The molecule has 1 amide bonds. The third kappa shape index (κ3) is 2.67. The monoisotopic (exact) mass is 304 g/mol. The molecule has 2 N–H and O–H groups in total. The highest BCUT2D eigenvalue weighted by atomic mass is 35.5. The molecular formula is C17H21ClN2O. The van der Waals surface area contributed by atoms with E-state index in [4.69, 9.17) is 11.6 Å². The summed E-state index contributed by atoms with van der Waals surface area (Å²) in [6.45, 7) is 3.96. The van der Waals surface area contributed by atoms with Gasteiger partial charge >= 0.3 is 0 Å². The molecule has 1 aromatic carbocycles. The summed E-state index contributed by atoms with van der Waals surface area (Å²) in [5, 5.41) is 4.96. The van der Waals surface area contributed by atoms with Crippen LogP contribution in [-0.4, -0.2) is 16.9 Å². The van der Waals surface area contributed by atoms with Crippen molar-refractivity contribution in [3.05, 3.63) is 35.0 Å². The van der Waals surface area contributed by atoms with Crippen molar-refractivity contribution in [3.63, 3.8) is 0 Å². The van der Waals surface area contributed by atoms with Crippen LogP contribution in [0.1, 0.15) is 45.1 Å². The van der Waals surface area contributed by atoms with Crippen molar-refractivity contribution in [1.82, 2.24) is 10.3 Å². The van der Waals surface area contributed by atoms with Gasteiger partial charge in [-0.1, -0.05) is 30.5 Å². The van der Waals surface area contributed by atoms with Gasteiger partial charge in [-0.2, -0.15) is 0 Å². The molecule has 0 unspecified atom stereocenters. The third-order valence-corrected chi connectivity index (χ3v) is 4.81. The maximum Gasteiger partial charge on any atom is 0.230 e. The van der Waals surface area contributed by atoms with Crippen LogP contribution < -0.4 is 5.32 Å². The Bertz CT molecular complexity index is 668. The number of amides is 1. The fourth-order valence-corrected chi connectivity index (χ4v) is 3.35. The van der Waals surface area contributed by atoms with Crippen molar-refractivity contribution in [2.45, 2.75) is 51.0 Å². The first kappa shape index (κ1) is 14.5. The van der Waals surface area contributed by atoms with Crippen LogP contribution in [0.25, 0.3) is 10.9 Å². The van der Waals surface area contributed by atoms with Crippen LogP contribution >= 0.6 is 11.6 Å². The Kier molecular flexibility index (Phi) is 3.70. The van der Waals surface area contributed by atoms with Crippen molar-refractivity contribution in [2.24, 2.45) is 0 Å². The van der Waals surface area contributed by atoms with Crippen molar-refractivity contribution in [3.8, 4) is 0 Å². The molecular weight excluding hydrogens is 284 g/mol. The van der Waals surface area contributed by atoms with Crippen LogP contribution in [0.5, 0.6) is 0 Å². The molecule has 4 heteroatoms. The van der Waals surface area contributed by atoms with Crippen LogP contribution in [-0.2, 0) is 10.2 Å². The zero-order valence-corrected chi connectivity index (χ0v) is 13.3. The molecule has 0 spiro atoms. The van der Waals surface area contributed by atoms with E-state index < -0.39 is 5.41 Å². The summed E-state index contributed by atoms with van der Waals surface area (Å²) in [6, 6.07) is 6.09. The highest BCUT2D eigenvalue weighted by molar-refractivity contribution is 6.31. The van der Waals surface area contributed by atoms with Gasteiger partial charge in [0.05, 0.1) is 5.41 Å². The number of fused-ring (bicyclic) bond motifs is 1. The molecule has 0 atom stereocenters. The molecule has 0 bridgehead atoms. The molecule has 0 radical (unpaired) electrons. The van der Waals surface area contributed by atoms with Crippen molar-refractivity contribution in [1.29, 1.82) is 0 Å². The minimum Gasteiger partial charge on any atom is -0.361 e. The van der Waals surface area contributed by atoms with E-state index in [1.165, 1.54) is 12.8 Å². The van der Waals surface area contributed by atoms with E-state index in [2.05, 4.69) is 10.3 Å². The molecule has 1 aliphatic carbocycles. The van der Waals surface area contributed by atoms with E-state index in [9.17, 15) is 4.79 Å². The Morgan fingerprint density at radius 1 is 1.33 bits per heavy atom. The summed E-state index contributed by atoms with van der Waals surface area (Å²) in [4.78, 5) is 15.9. The quantitative estimate of drug-likeness (QED) is 0.878. The van der Waals surface area contributed by atoms with E-state index in [-0.39, 0.29) is 5.91 Å². The maximum absolute atomic E-state index is 12.7. The van der Waals surface area contributed by atoms with Crippen LogP contribution in [0.2, 0.25) is 5.02 Å². The number of hydrogen-bond donors (Lipinski definition) is 2. The second-order valence-electron chi connectivity index (χ2n) is 6.47. The van der Waals surface area contributed by atoms with Gasteiger partial charge in [-0.3, -0.25) is 4.79 Å². The van der Waals surface area contributed by atoms with Gasteiger partial charge < -0.3 is 10.3 Å². The van der Waals surface area contributed by atoms with Gasteiger partial charge in [-0.05, 0) is 44.4 Å². The van der Waals surface area contributed by atoms with Crippen LogP contribution in [0.3, 0.4) is 0 Å². The van der Waals surface area contributed by atoms with Gasteiger partial charge in [0, 0.05) is 28.2 Å². The van der Waals surface area contributed by atoms with E-state index in [0.717, 1.165) is 29.3 Å². The van der Waals surface area contributed by atoms with Gasteiger partial charge in [0.1, 0.15) is 0 Å². The standard InChI is InChI=1S/C17H21ClN2O/c1-17(2,16(21)20-12-5-3-4-6-12)14-10-19-15-9-11(18)7-8-13(14)15/h7-10,12,19H,3-6H2,1-2H3,(H,20,21). The molecule has 1 heterocycles. The molecule has 1 saturated carbocycles. The fourth-order valence-electron chi connectivity index (χ4n) is 3.17. The van der Waals surface area contributed by atoms with Crippen molar-refractivity contribution in [2.75, 3.05) is 0 Å². The van der Waals surface area contributed by atoms with E-state index in [1.807, 2.05) is 38.2 Å². The summed E-state index contributed by atoms with van der Waals surface area (Å²) in [5.74, 6) is 0.102. The maximum atomic E-state index is 12.7. The second-order valence-corrected chi connectivity index (χ2v) is 6.91. The Hall–Kier alpha value is -1.48. The molecule has 3 rings (SSSR count). The predicted molar refractivity (Wildman–Crippen MR) is 86.7 cm³/mol. The molecule has 0 saturated heterocycles. The largest absolute Gasteiger partial charge is 0.361 e. The molecule has 112 valence electrons. The number of carbonyl (C=O) groups excluding carboxylic acids is 1. The number of rotatable bonds is 3. The van der Waals surface area contributed by atoms with Gasteiger partial charge in [-0.15, -0.1) is 0 Å². The lowest BCUT2D eigenvalue weighted by Gasteiger charge is -2.25. The highest BCUT2D eigenvalue weighted by Gasteiger charge is 2.33. The number of hydrogen-bond acceptors (Lipinski definition) is 1. The molecule has 1 aliphatic rings. The third-order valence-electron chi connectivity index (χ3n) is 4.58. The zero-order valence-electron chi connectivity index (χ0n) is 12.5. The summed E-state index contributed by atoms with van der Waals surface area (Å²) in [5.41, 5.74) is 1.43. The first-order valence-electron chi connectivity index (χ1n) is 7.56. The summed E-state index contributed by atoms with van der Waals surface area (Å²) >= 11 is 6.02. The van der Waals surface area contributed by atoms with Gasteiger partial charge in [0.2, 0.25) is 5.91 Å². The molecule has 0 aliphatic heterocycles. The fraction of sp³-hybridized carbons (Fsp3) is 0.471. The topological polar surface area (TPSA) is 44.9 Å². The first-order chi connectivity index (χ1) is 9.98. The number of halogens is 1. The Balaban J connectivity index is 1.89. The average Bonchev–Trinajstić information content (AvgIpc) is 3.07. The smallest absolute Gasteiger partial charge is 0.230 e. The van der Waals surface area contributed by atoms with Gasteiger partial charge in [0.15, 0.2) is 0 Å². The zero-order chi connectivity index (χ0) is 15.0. The lowest BCUT2D eigenvalue weighted by atomic mass is 9.83. The summed E-state index contributed by atoms with van der Waals surface area (Å²) in [7, 11) is 0. The molecule has 21 heavy (non-hydrogen) atoms. The van der Waals surface area contributed by atoms with E-state index >= 15 is 0 Å². The van der Waals surface area contributed by atoms with E-state index in [1.54, 1.807) is 0 Å². The summed E-state index contributed by atoms with van der Waals surface area (Å²) in [6.07, 6.45) is 6.57. The number of nitrogens with one attached hydrogen (secondary N) is 2. The number of benzene rings is 1. The Labute approximate surface area is 130 Å². The number of aromatic nitrogens is 1. The minimum atomic E-state index is -0.561. The number of carbonyl (C=O) groups is 1.